The van der Waals surface area contributed by atoms with Gasteiger partial charge in [0.2, 0.25) is 0 Å². The van der Waals surface area contributed by atoms with Crippen LogP contribution in [0, 0.1) is 0 Å². The first-order chi connectivity index (χ1) is 22.5. The molecule has 0 saturated carbocycles. The first-order valence-electron chi connectivity index (χ1n) is 14.9. The number of ketones is 1. The van der Waals surface area contributed by atoms with E-state index in [-0.39, 0.29) is 18.1 Å². The van der Waals surface area contributed by atoms with Crippen molar-refractivity contribution in [3.8, 4) is 5.75 Å². The summed E-state index contributed by atoms with van der Waals surface area (Å²) in [4.78, 5) is 40.0. The number of amides is 1. The highest BCUT2D eigenvalue weighted by molar-refractivity contribution is 6.12. The number of nitrogens with one attached hydrogen (secondary N) is 1. The minimum Gasteiger partial charge on any atom is -0.494 e. The zero-order valence-corrected chi connectivity index (χ0v) is 25.1. The molecule has 0 saturated heterocycles. The van der Waals surface area contributed by atoms with Crippen LogP contribution in [0.25, 0.3) is 6.08 Å². The van der Waals surface area contributed by atoms with E-state index in [1.807, 2.05) is 48.5 Å². The summed E-state index contributed by atoms with van der Waals surface area (Å²) >= 11 is 0. The monoisotopic (exact) mass is 614 g/mol. The number of ether oxygens (including phenoxy) is 1. The Labute approximate surface area is 267 Å². The number of furan rings is 1. The first kappa shape index (κ1) is 31.5. The number of para-hydroxylation sites is 2. The summed E-state index contributed by atoms with van der Waals surface area (Å²) in [7, 11) is 0. The number of aliphatic carboxylic acids is 1. The van der Waals surface area contributed by atoms with Crippen molar-refractivity contribution < 1.29 is 28.6 Å². The molecule has 2 N–H and O–H groups in total. The highest BCUT2D eigenvalue weighted by Gasteiger charge is 2.21. The van der Waals surface area contributed by atoms with Crippen LogP contribution in [-0.2, 0) is 16.0 Å². The Morgan fingerprint density at radius 1 is 0.848 bits per heavy atom. The topological polar surface area (TPSA) is 109 Å². The SMILES string of the molecule is O=C(c1ccccc1)c1ccccc1NC(Cc1ccc(OCCCN(C(=O)C=Cc2ccoc2)c2ccccc2)cc1)C(=O)O. The van der Waals surface area contributed by atoms with Crippen molar-refractivity contribution in [2.75, 3.05) is 23.4 Å². The van der Waals surface area contributed by atoms with E-state index in [4.69, 9.17) is 9.15 Å². The Morgan fingerprint density at radius 2 is 1.54 bits per heavy atom. The second-order valence-electron chi connectivity index (χ2n) is 10.5. The summed E-state index contributed by atoms with van der Waals surface area (Å²) in [6.07, 6.45) is 7.16. The number of carboxylic acid groups (broad SMARTS) is 1. The quantitative estimate of drug-likeness (QED) is 0.0733. The minimum absolute atomic E-state index is 0.148. The van der Waals surface area contributed by atoms with Crippen LogP contribution in [-0.4, -0.2) is 42.0 Å². The standard InChI is InChI=1S/C38H34N2O6/c41-36(21-18-29-22-25-45-27-29)40(31-12-5-2-6-13-31)23-9-24-46-32-19-16-28(17-20-32)26-35(38(43)44)39-34-15-8-7-14-33(34)37(42)30-10-3-1-4-11-30/h1-8,10-22,25,27,35,39H,9,23-24,26H2,(H,43,44). The van der Waals surface area contributed by atoms with Crippen LogP contribution in [0.4, 0.5) is 11.4 Å². The molecule has 4 aromatic carbocycles. The predicted molar refractivity (Wildman–Crippen MR) is 178 cm³/mol. The van der Waals surface area contributed by atoms with Crippen molar-refractivity contribution in [1.29, 1.82) is 0 Å². The lowest BCUT2D eigenvalue weighted by atomic mass is 10.00. The van der Waals surface area contributed by atoms with Crippen molar-refractivity contribution in [3.05, 3.63) is 156 Å². The fraction of sp³-hybridized carbons (Fsp3) is 0.132. The van der Waals surface area contributed by atoms with Crippen molar-refractivity contribution in [2.24, 2.45) is 0 Å². The lowest BCUT2D eigenvalue weighted by Crippen LogP contribution is -2.32. The highest BCUT2D eigenvalue weighted by Crippen LogP contribution is 2.22. The molecule has 1 atom stereocenters. The molecule has 1 unspecified atom stereocenters. The zero-order chi connectivity index (χ0) is 32.1. The van der Waals surface area contributed by atoms with Crippen molar-refractivity contribution in [1.82, 2.24) is 0 Å². The average Bonchev–Trinajstić information content (AvgIpc) is 3.62. The van der Waals surface area contributed by atoms with Crippen LogP contribution in [0.15, 0.2) is 138 Å². The van der Waals surface area contributed by atoms with Gasteiger partial charge in [0.1, 0.15) is 11.8 Å². The van der Waals surface area contributed by atoms with E-state index in [1.165, 1.54) is 6.08 Å². The van der Waals surface area contributed by atoms with Gasteiger partial charge in [-0.15, -0.1) is 0 Å². The molecule has 8 heteroatoms. The van der Waals surface area contributed by atoms with Gasteiger partial charge in [-0.2, -0.15) is 0 Å². The molecule has 1 aromatic heterocycles. The van der Waals surface area contributed by atoms with Gasteiger partial charge in [0.05, 0.1) is 19.1 Å². The summed E-state index contributed by atoms with van der Waals surface area (Å²) in [5.41, 5.74) is 3.79. The number of anilines is 2. The number of carbonyl (C=O) groups excluding carboxylic acids is 2. The molecule has 0 aliphatic heterocycles. The van der Waals surface area contributed by atoms with Gasteiger partial charge in [0.15, 0.2) is 5.78 Å². The van der Waals surface area contributed by atoms with E-state index in [0.29, 0.717) is 42.1 Å². The average molecular weight is 615 g/mol. The van der Waals surface area contributed by atoms with Gasteiger partial charge in [0.25, 0.3) is 5.91 Å². The molecule has 0 aliphatic rings. The lowest BCUT2D eigenvalue weighted by molar-refractivity contribution is -0.137. The molecule has 5 aromatic rings. The number of hydrogen-bond acceptors (Lipinski definition) is 6. The van der Waals surface area contributed by atoms with E-state index in [0.717, 1.165) is 16.8 Å². The number of nitrogens with zero attached hydrogens (tertiary/aromatic N) is 1. The number of rotatable bonds is 15. The third-order valence-electron chi connectivity index (χ3n) is 7.29. The molecular formula is C38H34N2O6. The minimum atomic E-state index is -1.03. The molecule has 0 spiro atoms. The van der Waals surface area contributed by atoms with E-state index in [9.17, 15) is 19.5 Å². The van der Waals surface area contributed by atoms with Crippen molar-refractivity contribution in [2.45, 2.75) is 18.9 Å². The molecule has 0 aliphatic carbocycles. The van der Waals surface area contributed by atoms with Crippen LogP contribution < -0.4 is 15.0 Å². The van der Waals surface area contributed by atoms with E-state index in [1.54, 1.807) is 90.2 Å². The van der Waals surface area contributed by atoms with Gasteiger partial charge in [-0.1, -0.05) is 72.8 Å². The van der Waals surface area contributed by atoms with Crippen LogP contribution in [0.2, 0.25) is 0 Å². The Balaban J connectivity index is 1.16. The highest BCUT2D eigenvalue weighted by atomic mass is 16.5. The van der Waals surface area contributed by atoms with E-state index < -0.39 is 12.0 Å². The van der Waals surface area contributed by atoms with Gasteiger partial charge < -0.3 is 24.5 Å². The van der Waals surface area contributed by atoms with Gasteiger partial charge >= 0.3 is 5.97 Å². The maximum Gasteiger partial charge on any atom is 0.326 e. The fourth-order valence-electron chi connectivity index (χ4n) is 4.91. The van der Waals surface area contributed by atoms with Crippen LogP contribution in [0.1, 0.15) is 33.5 Å². The summed E-state index contributed by atoms with van der Waals surface area (Å²) in [5.74, 6) is -0.721. The van der Waals surface area contributed by atoms with E-state index in [2.05, 4.69) is 5.32 Å². The van der Waals surface area contributed by atoms with Crippen LogP contribution in [0.3, 0.4) is 0 Å². The molecule has 232 valence electrons. The molecule has 1 heterocycles. The molecule has 0 radical (unpaired) electrons. The Hall–Kier alpha value is -5.89. The third kappa shape index (κ3) is 8.60. The smallest absolute Gasteiger partial charge is 0.326 e. The summed E-state index contributed by atoms with van der Waals surface area (Å²) in [5, 5.41) is 13.0. The molecular weight excluding hydrogens is 580 g/mol. The molecule has 5 rings (SSSR count). The molecule has 1 amide bonds. The lowest BCUT2D eigenvalue weighted by Gasteiger charge is -2.21. The van der Waals surface area contributed by atoms with Gasteiger partial charge in [-0.05, 0) is 60.5 Å². The van der Waals surface area contributed by atoms with Gasteiger partial charge in [0, 0.05) is 47.1 Å². The fourth-order valence-corrected chi connectivity index (χ4v) is 4.91. The normalized spacial score (nSPS) is 11.6. The Morgan fingerprint density at radius 3 is 2.24 bits per heavy atom. The molecule has 0 fully saturated rings. The predicted octanol–water partition coefficient (Wildman–Crippen LogP) is 7.13. The van der Waals surface area contributed by atoms with Crippen LogP contribution >= 0.6 is 0 Å². The molecule has 8 nitrogen and oxygen atoms in total. The number of carboxylic acids is 1. The molecule has 46 heavy (non-hydrogen) atoms. The first-order valence-corrected chi connectivity index (χ1v) is 14.9. The maximum absolute atomic E-state index is 13.1. The Bertz CT molecular complexity index is 1750. The van der Waals surface area contributed by atoms with Crippen molar-refractivity contribution in [3.63, 3.8) is 0 Å². The van der Waals surface area contributed by atoms with E-state index >= 15 is 0 Å². The Kier molecular flexibility index (Phi) is 10.8. The third-order valence-corrected chi connectivity index (χ3v) is 7.29. The van der Waals surface area contributed by atoms with Crippen LogP contribution in [0.5, 0.6) is 5.75 Å². The molecule has 0 bridgehead atoms. The van der Waals surface area contributed by atoms with Crippen molar-refractivity contribution >= 4 is 35.1 Å². The van der Waals surface area contributed by atoms with Gasteiger partial charge in [-0.3, -0.25) is 9.59 Å². The second-order valence-corrected chi connectivity index (χ2v) is 10.5. The summed E-state index contributed by atoms with van der Waals surface area (Å²) in [6, 6.07) is 33.4. The summed E-state index contributed by atoms with van der Waals surface area (Å²) < 4.78 is 11.0. The van der Waals surface area contributed by atoms with Gasteiger partial charge in [-0.25, -0.2) is 4.79 Å². The largest absolute Gasteiger partial charge is 0.494 e. The second kappa shape index (κ2) is 15.7. The maximum atomic E-state index is 13.1. The number of benzene rings is 4. The number of carbonyl (C=O) groups is 3. The zero-order valence-electron chi connectivity index (χ0n) is 25.1. The summed E-state index contributed by atoms with van der Waals surface area (Å²) in [6.45, 7) is 0.837. The number of hydrogen-bond donors (Lipinski definition) is 2.